The molecule has 0 aromatic heterocycles. The summed E-state index contributed by atoms with van der Waals surface area (Å²) in [6.07, 6.45) is 1.54. The highest BCUT2D eigenvalue weighted by atomic mass is 79.9. The first-order valence-electron chi connectivity index (χ1n) is 5.58. The second kappa shape index (κ2) is 6.16. The summed E-state index contributed by atoms with van der Waals surface area (Å²) in [4.78, 5) is 10.2. The fourth-order valence-electron chi connectivity index (χ4n) is 1.47. The maximum absolute atomic E-state index is 10.6. The molecule has 0 aliphatic carbocycles. The van der Waals surface area contributed by atoms with Crippen LogP contribution in [0.2, 0.25) is 0 Å². The Kier molecular flexibility index (Phi) is 4.31. The molecular weight excluding hydrogens is 326 g/mol. The normalized spacial score (nSPS) is 10.7. The average Bonchev–Trinajstić information content (AvgIpc) is 2.43. The molecule has 0 spiro atoms. The first kappa shape index (κ1) is 14.0. The summed E-state index contributed by atoms with van der Waals surface area (Å²) < 4.78 is 0.566. The maximum atomic E-state index is 10.6. The second-order valence-electron chi connectivity index (χ2n) is 3.89. The highest BCUT2D eigenvalue weighted by Crippen LogP contribution is 2.23. The quantitative estimate of drug-likeness (QED) is 0.508. The van der Waals surface area contributed by atoms with Gasteiger partial charge in [-0.3, -0.25) is 15.5 Å². The summed E-state index contributed by atoms with van der Waals surface area (Å²) in [7, 11) is 0. The van der Waals surface area contributed by atoms with Crippen LogP contribution in [0.5, 0.6) is 5.75 Å². The molecule has 0 unspecified atom stereocenters. The Morgan fingerprint density at radius 2 is 2.10 bits per heavy atom. The molecule has 0 aliphatic heterocycles. The Balaban J connectivity index is 2.07. The third kappa shape index (κ3) is 3.55. The third-order valence-corrected chi connectivity index (χ3v) is 3.07. The summed E-state index contributed by atoms with van der Waals surface area (Å²) in [5.41, 5.74) is 4.00. The number of hydrogen-bond acceptors (Lipinski definition) is 5. The third-order valence-electron chi connectivity index (χ3n) is 2.44. The molecule has 0 fully saturated rings. The van der Waals surface area contributed by atoms with Crippen LogP contribution >= 0.6 is 15.9 Å². The van der Waals surface area contributed by atoms with Crippen molar-refractivity contribution in [3.63, 3.8) is 0 Å². The molecular formula is C13H10BrN3O3. The van der Waals surface area contributed by atoms with Gasteiger partial charge in [-0.15, -0.1) is 0 Å². The molecule has 0 aliphatic rings. The van der Waals surface area contributed by atoms with E-state index in [4.69, 9.17) is 0 Å². The Labute approximate surface area is 123 Å². The topological polar surface area (TPSA) is 87.8 Å². The van der Waals surface area contributed by atoms with Gasteiger partial charge >= 0.3 is 0 Å². The largest absolute Gasteiger partial charge is 0.507 e. The van der Waals surface area contributed by atoms with E-state index in [9.17, 15) is 15.2 Å². The molecule has 0 saturated carbocycles. The van der Waals surface area contributed by atoms with Gasteiger partial charge in [0.05, 0.1) is 21.3 Å². The molecule has 0 radical (unpaired) electrons. The molecule has 7 heteroatoms. The molecule has 0 atom stereocenters. The first-order chi connectivity index (χ1) is 9.56. The van der Waals surface area contributed by atoms with Gasteiger partial charge in [0.15, 0.2) is 0 Å². The molecule has 0 bridgehead atoms. The van der Waals surface area contributed by atoms with Crippen LogP contribution in [0.4, 0.5) is 11.4 Å². The molecule has 0 heterocycles. The van der Waals surface area contributed by atoms with Gasteiger partial charge in [0.2, 0.25) is 0 Å². The van der Waals surface area contributed by atoms with Gasteiger partial charge in [-0.05, 0) is 45.8 Å². The summed E-state index contributed by atoms with van der Waals surface area (Å²) in [5, 5.41) is 24.0. The highest BCUT2D eigenvalue weighted by molar-refractivity contribution is 9.10. The number of non-ortho nitro benzene ring substituents is 1. The van der Waals surface area contributed by atoms with E-state index in [0.29, 0.717) is 10.2 Å². The number of nitrogens with one attached hydrogen (secondary N) is 1. The molecule has 6 nitrogen and oxygen atoms in total. The van der Waals surface area contributed by atoms with Crippen LogP contribution in [0, 0.1) is 10.1 Å². The summed E-state index contributed by atoms with van der Waals surface area (Å²) in [5.74, 6) is 0.147. The maximum Gasteiger partial charge on any atom is 0.271 e. The number of rotatable bonds is 4. The van der Waals surface area contributed by atoms with Gasteiger partial charge in [-0.25, -0.2) is 0 Å². The van der Waals surface area contributed by atoms with Crippen molar-refractivity contribution in [3.05, 3.63) is 62.6 Å². The number of nitro benzene ring substituents is 1. The molecule has 0 amide bonds. The molecule has 2 N–H and O–H groups in total. The number of halogens is 1. The van der Waals surface area contributed by atoms with Crippen LogP contribution in [-0.2, 0) is 0 Å². The Morgan fingerprint density at radius 3 is 2.80 bits per heavy atom. The monoisotopic (exact) mass is 335 g/mol. The molecule has 2 rings (SSSR count). The van der Waals surface area contributed by atoms with Gasteiger partial charge in [0.1, 0.15) is 5.75 Å². The number of aromatic hydroxyl groups is 1. The number of nitrogens with zero attached hydrogens (tertiary/aromatic N) is 2. The predicted molar refractivity (Wildman–Crippen MR) is 80.1 cm³/mol. The smallest absolute Gasteiger partial charge is 0.271 e. The van der Waals surface area contributed by atoms with E-state index in [-0.39, 0.29) is 11.4 Å². The zero-order chi connectivity index (χ0) is 14.5. The Hall–Kier alpha value is -2.41. The van der Waals surface area contributed by atoms with Crippen molar-refractivity contribution < 1.29 is 10.0 Å². The minimum Gasteiger partial charge on any atom is -0.507 e. The Morgan fingerprint density at radius 1 is 1.30 bits per heavy atom. The van der Waals surface area contributed by atoms with E-state index in [1.54, 1.807) is 36.5 Å². The van der Waals surface area contributed by atoms with Crippen molar-refractivity contribution in [2.45, 2.75) is 0 Å². The highest BCUT2D eigenvalue weighted by Gasteiger charge is 2.04. The lowest BCUT2D eigenvalue weighted by Crippen LogP contribution is -1.93. The lowest BCUT2D eigenvalue weighted by molar-refractivity contribution is -0.384. The van der Waals surface area contributed by atoms with Crippen molar-refractivity contribution in [1.82, 2.24) is 0 Å². The summed E-state index contributed by atoms with van der Waals surface area (Å²) >= 11 is 3.20. The molecule has 0 saturated heterocycles. The van der Waals surface area contributed by atoms with Crippen LogP contribution < -0.4 is 5.43 Å². The van der Waals surface area contributed by atoms with Crippen molar-refractivity contribution >= 4 is 33.5 Å². The zero-order valence-corrected chi connectivity index (χ0v) is 11.7. The number of hydrazone groups is 1. The summed E-state index contributed by atoms with van der Waals surface area (Å²) in [6, 6.07) is 11.0. The van der Waals surface area contributed by atoms with Crippen molar-refractivity contribution in [3.8, 4) is 5.75 Å². The standard InChI is InChI=1S/C13H10BrN3O3/c14-12-6-9(4-5-13(12)18)8-15-16-10-2-1-3-11(7-10)17(19)20/h1-8,16,18H. The van der Waals surface area contributed by atoms with E-state index < -0.39 is 4.92 Å². The summed E-state index contributed by atoms with van der Waals surface area (Å²) in [6.45, 7) is 0. The van der Waals surface area contributed by atoms with E-state index >= 15 is 0 Å². The van der Waals surface area contributed by atoms with E-state index in [1.807, 2.05) is 0 Å². The van der Waals surface area contributed by atoms with E-state index in [0.717, 1.165) is 5.56 Å². The van der Waals surface area contributed by atoms with E-state index in [2.05, 4.69) is 26.5 Å². The second-order valence-corrected chi connectivity index (χ2v) is 4.74. The number of anilines is 1. The van der Waals surface area contributed by atoms with Crippen LogP contribution in [0.25, 0.3) is 0 Å². The number of hydrogen-bond donors (Lipinski definition) is 2. The van der Waals surface area contributed by atoms with Crippen LogP contribution in [0.1, 0.15) is 5.56 Å². The van der Waals surface area contributed by atoms with Gasteiger partial charge in [0.25, 0.3) is 5.69 Å². The van der Waals surface area contributed by atoms with Crippen LogP contribution in [-0.4, -0.2) is 16.2 Å². The Bertz CT molecular complexity index is 674. The number of nitro groups is 1. The minimum absolute atomic E-state index is 0.00224. The lowest BCUT2D eigenvalue weighted by atomic mass is 10.2. The van der Waals surface area contributed by atoms with Crippen LogP contribution in [0.3, 0.4) is 0 Å². The predicted octanol–water partition coefficient (Wildman–Crippen LogP) is 3.51. The SMILES string of the molecule is O=[N+]([O-])c1cccc(NN=Cc2ccc(O)c(Br)c2)c1. The number of phenolic OH excluding ortho intramolecular Hbond substituents is 1. The zero-order valence-electron chi connectivity index (χ0n) is 10.2. The van der Waals surface area contributed by atoms with Gasteiger partial charge < -0.3 is 5.11 Å². The van der Waals surface area contributed by atoms with Gasteiger partial charge in [-0.2, -0.15) is 5.10 Å². The fraction of sp³-hybridized carbons (Fsp3) is 0. The van der Waals surface area contributed by atoms with Crippen molar-refractivity contribution in [1.29, 1.82) is 0 Å². The van der Waals surface area contributed by atoms with Crippen LogP contribution in [0.15, 0.2) is 52.0 Å². The number of benzene rings is 2. The number of phenols is 1. The van der Waals surface area contributed by atoms with Crippen molar-refractivity contribution in [2.24, 2.45) is 5.10 Å². The average molecular weight is 336 g/mol. The molecule has 2 aromatic rings. The fourth-order valence-corrected chi connectivity index (χ4v) is 1.87. The molecule has 102 valence electrons. The van der Waals surface area contributed by atoms with E-state index in [1.165, 1.54) is 12.1 Å². The first-order valence-corrected chi connectivity index (χ1v) is 6.37. The molecule has 2 aromatic carbocycles. The van der Waals surface area contributed by atoms with Gasteiger partial charge in [-0.1, -0.05) is 6.07 Å². The van der Waals surface area contributed by atoms with Crippen molar-refractivity contribution in [2.75, 3.05) is 5.43 Å². The van der Waals surface area contributed by atoms with Gasteiger partial charge in [0, 0.05) is 12.1 Å². The minimum atomic E-state index is -0.466. The molecule has 20 heavy (non-hydrogen) atoms. The lowest BCUT2D eigenvalue weighted by Gasteiger charge is -2.00.